The van der Waals surface area contributed by atoms with Crippen molar-refractivity contribution in [3.05, 3.63) is 29.8 Å². The van der Waals surface area contributed by atoms with Crippen molar-refractivity contribution >= 4 is 0 Å². The van der Waals surface area contributed by atoms with Gasteiger partial charge in [0.15, 0.2) is 0 Å². The van der Waals surface area contributed by atoms with Crippen LogP contribution in [0.1, 0.15) is 19.4 Å². The maximum atomic E-state index is 9.07. The van der Waals surface area contributed by atoms with Crippen LogP contribution in [0, 0.1) is 5.41 Å². The quantitative estimate of drug-likeness (QED) is 0.741. The first-order valence-corrected chi connectivity index (χ1v) is 5.89. The van der Waals surface area contributed by atoms with E-state index >= 15 is 0 Å². The topological polar surface area (TPSA) is 38.7 Å². The van der Waals surface area contributed by atoms with Crippen LogP contribution in [-0.2, 0) is 11.2 Å². The third-order valence-corrected chi connectivity index (χ3v) is 2.61. The number of methoxy groups -OCH3 is 1. The van der Waals surface area contributed by atoms with E-state index in [1.165, 1.54) is 5.56 Å². The summed E-state index contributed by atoms with van der Waals surface area (Å²) in [6, 6.07) is 7.98. The molecule has 0 fully saturated rings. The second kappa shape index (κ2) is 6.62. The standard InChI is InChI=1S/C14H22O3/c1-14(2,10-15)11-17-9-8-12-4-6-13(16-3)7-5-12/h4-7,15H,8-11H2,1-3H3. The summed E-state index contributed by atoms with van der Waals surface area (Å²) in [6.07, 6.45) is 0.880. The number of benzene rings is 1. The van der Waals surface area contributed by atoms with Crippen LogP contribution in [0.3, 0.4) is 0 Å². The fourth-order valence-electron chi connectivity index (χ4n) is 1.38. The summed E-state index contributed by atoms with van der Waals surface area (Å²) in [5.74, 6) is 0.871. The van der Waals surface area contributed by atoms with Gasteiger partial charge in [0.05, 0.1) is 26.9 Å². The van der Waals surface area contributed by atoms with Gasteiger partial charge < -0.3 is 14.6 Å². The van der Waals surface area contributed by atoms with Crippen LogP contribution in [0.4, 0.5) is 0 Å². The molecule has 1 aromatic carbocycles. The third kappa shape index (κ3) is 5.20. The predicted molar refractivity (Wildman–Crippen MR) is 68.4 cm³/mol. The highest BCUT2D eigenvalue weighted by molar-refractivity contribution is 5.27. The molecule has 0 saturated carbocycles. The molecule has 1 aromatic rings. The summed E-state index contributed by atoms with van der Waals surface area (Å²) in [7, 11) is 1.66. The van der Waals surface area contributed by atoms with E-state index in [-0.39, 0.29) is 12.0 Å². The normalized spacial score (nSPS) is 11.5. The van der Waals surface area contributed by atoms with E-state index in [0.717, 1.165) is 12.2 Å². The van der Waals surface area contributed by atoms with Crippen molar-refractivity contribution < 1.29 is 14.6 Å². The molecule has 0 bridgehead atoms. The zero-order chi connectivity index (χ0) is 12.7. The molecule has 1 N–H and O–H groups in total. The van der Waals surface area contributed by atoms with E-state index in [9.17, 15) is 0 Å². The molecule has 0 atom stereocenters. The average molecular weight is 238 g/mol. The van der Waals surface area contributed by atoms with Gasteiger partial charge in [-0.05, 0) is 24.1 Å². The minimum atomic E-state index is -0.153. The molecule has 3 heteroatoms. The van der Waals surface area contributed by atoms with Crippen LogP contribution in [-0.4, -0.2) is 32.0 Å². The molecular formula is C14H22O3. The molecule has 1 rings (SSSR count). The number of hydrogen-bond acceptors (Lipinski definition) is 3. The number of ether oxygens (including phenoxy) is 2. The monoisotopic (exact) mass is 238 g/mol. The lowest BCUT2D eigenvalue weighted by atomic mass is 9.97. The highest BCUT2D eigenvalue weighted by Crippen LogP contribution is 2.15. The van der Waals surface area contributed by atoms with Crippen molar-refractivity contribution in [2.75, 3.05) is 26.9 Å². The van der Waals surface area contributed by atoms with Gasteiger partial charge in [0, 0.05) is 5.41 Å². The van der Waals surface area contributed by atoms with Gasteiger partial charge in [-0.3, -0.25) is 0 Å². The first-order valence-electron chi connectivity index (χ1n) is 5.89. The Morgan fingerprint density at radius 1 is 1.18 bits per heavy atom. The lowest BCUT2D eigenvalue weighted by Crippen LogP contribution is -2.24. The van der Waals surface area contributed by atoms with Crippen molar-refractivity contribution in [1.82, 2.24) is 0 Å². The Balaban J connectivity index is 2.26. The zero-order valence-electron chi connectivity index (χ0n) is 10.9. The molecule has 0 unspecified atom stereocenters. The zero-order valence-corrected chi connectivity index (χ0v) is 10.9. The molecule has 0 aliphatic carbocycles. The SMILES string of the molecule is COc1ccc(CCOCC(C)(C)CO)cc1. The van der Waals surface area contributed by atoms with E-state index < -0.39 is 0 Å². The Kier molecular flexibility index (Phi) is 5.45. The summed E-state index contributed by atoms with van der Waals surface area (Å²) < 4.78 is 10.7. The van der Waals surface area contributed by atoms with Crippen molar-refractivity contribution in [3.8, 4) is 5.75 Å². The second-order valence-electron chi connectivity index (χ2n) is 4.97. The number of hydrogen-bond donors (Lipinski definition) is 1. The molecule has 0 spiro atoms. The fraction of sp³-hybridized carbons (Fsp3) is 0.571. The second-order valence-corrected chi connectivity index (χ2v) is 4.97. The predicted octanol–water partition coefficient (Wildman–Crippen LogP) is 2.27. The highest BCUT2D eigenvalue weighted by Gasteiger charge is 2.16. The first kappa shape index (κ1) is 14.0. The molecule has 0 aromatic heterocycles. The largest absolute Gasteiger partial charge is 0.497 e. The van der Waals surface area contributed by atoms with Gasteiger partial charge in [-0.15, -0.1) is 0 Å². The summed E-state index contributed by atoms with van der Waals surface area (Å²) in [4.78, 5) is 0. The van der Waals surface area contributed by atoms with E-state index in [1.807, 2.05) is 38.1 Å². The van der Waals surface area contributed by atoms with Crippen LogP contribution >= 0.6 is 0 Å². The van der Waals surface area contributed by atoms with Gasteiger partial charge in [-0.1, -0.05) is 26.0 Å². The van der Waals surface area contributed by atoms with Crippen molar-refractivity contribution in [3.63, 3.8) is 0 Å². The molecule has 0 radical (unpaired) electrons. The average Bonchev–Trinajstić information content (AvgIpc) is 2.35. The minimum Gasteiger partial charge on any atom is -0.497 e. The summed E-state index contributed by atoms with van der Waals surface area (Å²) in [6.45, 7) is 5.38. The van der Waals surface area contributed by atoms with Crippen LogP contribution < -0.4 is 4.74 Å². The minimum absolute atomic E-state index is 0.148. The van der Waals surface area contributed by atoms with Crippen molar-refractivity contribution in [1.29, 1.82) is 0 Å². The summed E-state index contributed by atoms with van der Waals surface area (Å²) in [5.41, 5.74) is 1.08. The van der Waals surface area contributed by atoms with Crippen molar-refractivity contribution in [2.24, 2.45) is 5.41 Å². The maximum absolute atomic E-state index is 9.07. The van der Waals surface area contributed by atoms with E-state index in [1.54, 1.807) is 7.11 Å². The highest BCUT2D eigenvalue weighted by atomic mass is 16.5. The summed E-state index contributed by atoms with van der Waals surface area (Å²) >= 11 is 0. The van der Waals surface area contributed by atoms with Gasteiger partial charge in [-0.25, -0.2) is 0 Å². The van der Waals surface area contributed by atoms with Gasteiger partial charge in [0.2, 0.25) is 0 Å². The lowest BCUT2D eigenvalue weighted by Gasteiger charge is -2.21. The van der Waals surface area contributed by atoms with Gasteiger partial charge in [0.25, 0.3) is 0 Å². The van der Waals surface area contributed by atoms with Crippen LogP contribution in [0.25, 0.3) is 0 Å². The Labute approximate surface area is 103 Å². The van der Waals surface area contributed by atoms with E-state index in [2.05, 4.69) is 0 Å². The third-order valence-electron chi connectivity index (χ3n) is 2.61. The number of aliphatic hydroxyl groups excluding tert-OH is 1. The molecule has 17 heavy (non-hydrogen) atoms. The van der Waals surface area contributed by atoms with E-state index in [0.29, 0.717) is 13.2 Å². The fourth-order valence-corrected chi connectivity index (χ4v) is 1.38. The molecule has 0 amide bonds. The number of rotatable bonds is 7. The lowest BCUT2D eigenvalue weighted by molar-refractivity contribution is 0.0294. The summed E-state index contributed by atoms with van der Waals surface area (Å²) in [5, 5.41) is 9.07. The van der Waals surface area contributed by atoms with Crippen LogP contribution in [0.15, 0.2) is 24.3 Å². The van der Waals surface area contributed by atoms with Crippen LogP contribution in [0.5, 0.6) is 5.75 Å². The first-order chi connectivity index (χ1) is 8.07. The Morgan fingerprint density at radius 3 is 2.35 bits per heavy atom. The number of aliphatic hydroxyl groups is 1. The Morgan fingerprint density at radius 2 is 1.82 bits per heavy atom. The molecule has 0 heterocycles. The Bertz CT molecular complexity index is 317. The van der Waals surface area contributed by atoms with E-state index in [4.69, 9.17) is 14.6 Å². The molecular weight excluding hydrogens is 216 g/mol. The molecule has 0 aliphatic heterocycles. The van der Waals surface area contributed by atoms with Crippen molar-refractivity contribution in [2.45, 2.75) is 20.3 Å². The molecule has 96 valence electrons. The smallest absolute Gasteiger partial charge is 0.118 e. The van der Waals surface area contributed by atoms with Gasteiger partial charge in [0.1, 0.15) is 5.75 Å². The van der Waals surface area contributed by atoms with Gasteiger partial charge >= 0.3 is 0 Å². The molecule has 0 saturated heterocycles. The molecule has 3 nitrogen and oxygen atoms in total. The molecule has 0 aliphatic rings. The van der Waals surface area contributed by atoms with Gasteiger partial charge in [-0.2, -0.15) is 0 Å². The van der Waals surface area contributed by atoms with Crippen LogP contribution in [0.2, 0.25) is 0 Å². The Hall–Kier alpha value is -1.06. The maximum Gasteiger partial charge on any atom is 0.118 e.